The van der Waals surface area contributed by atoms with Gasteiger partial charge in [-0.2, -0.15) is 0 Å². The fourth-order valence-electron chi connectivity index (χ4n) is 3.02. The van der Waals surface area contributed by atoms with Crippen LogP contribution in [0.4, 0.5) is 11.6 Å². The summed E-state index contributed by atoms with van der Waals surface area (Å²) in [5, 5.41) is 3.64. The minimum Gasteiger partial charge on any atom is -0.368 e. The van der Waals surface area contributed by atoms with E-state index < -0.39 is 0 Å². The molecule has 1 saturated heterocycles. The Morgan fingerprint density at radius 1 is 1.16 bits per heavy atom. The molecule has 0 spiro atoms. The van der Waals surface area contributed by atoms with Crippen molar-refractivity contribution >= 4 is 29.1 Å². The quantitative estimate of drug-likeness (QED) is 0.913. The third-order valence-electron chi connectivity index (χ3n) is 4.27. The monoisotopic (exact) mass is 359 g/mol. The lowest BCUT2D eigenvalue weighted by atomic mass is 10.2. The molecule has 0 saturated carbocycles. The number of benzene rings is 1. The molecule has 1 amide bonds. The van der Waals surface area contributed by atoms with Gasteiger partial charge in [-0.25, -0.2) is 9.97 Å². The van der Waals surface area contributed by atoms with Gasteiger partial charge in [-0.3, -0.25) is 4.79 Å². The Morgan fingerprint density at radius 2 is 1.96 bits per heavy atom. The van der Waals surface area contributed by atoms with Crippen LogP contribution < -0.4 is 10.2 Å². The average molecular weight is 360 g/mol. The first kappa shape index (κ1) is 17.5. The van der Waals surface area contributed by atoms with Crippen LogP contribution >= 0.6 is 11.6 Å². The molecule has 6 nitrogen and oxygen atoms in total. The lowest BCUT2D eigenvalue weighted by molar-refractivity contribution is 0.0761. The number of hydrogen-bond acceptors (Lipinski definition) is 5. The number of hydrogen-bond donors (Lipinski definition) is 1. The predicted molar refractivity (Wildman–Crippen MR) is 101 cm³/mol. The van der Waals surface area contributed by atoms with Gasteiger partial charge in [-0.15, -0.1) is 0 Å². The molecule has 132 valence electrons. The van der Waals surface area contributed by atoms with Crippen LogP contribution in [0.1, 0.15) is 22.6 Å². The standard InChI is InChI=1S/C18H22ClN5O/c1-13-12-15(22-18(20-2)21-13)17(25)24-9-5-8-23(10-11-24)16-7-4-3-6-14(16)19/h3-4,6-7,12H,5,8-11H2,1-2H3,(H,20,21,22). The Kier molecular flexibility index (Phi) is 5.38. The third kappa shape index (κ3) is 4.02. The smallest absolute Gasteiger partial charge is 0.272 e. The van der Waals surface area contributed by atoms with Gasteiger partial charge in [0.2, 0.25) is 5.95 Å². The van der Waals surface area contributed by atoms with E-state index in [1.807, 2.05) is 36.1 Å². The minimum atomic E-state index is -0.0528. The highest BCUT2D eigenvalue weighted by Gasteiger charge is 2.22. The van der Waals surface area contributed by atoms with Crippen LogP contribution in [-0.2, 0) is 0 Å². The van der Waals surface area contributed by atoms with Crippen LogP contribution in [0.5, 0.6) is 0 Å². The molecule has 1 aromatic heterocycles. The lowest BCUT2D eigenvalue weighted by Crippen LogP contribution is -2.35. The number of anilines is 2. The number of rotatable bonds is 3. The molecule has 2 aromatic rings. The van der Waals surface area contributed by atoms with Crippen molar-refractivity contribution in [3.63, 3.8) is 0 Å². The highest BCUT2D eigenvalue weighted by atomic mass is 35.5. The van der Waals surface area contributed by atoms with Crippen molar-refractivity contribution in [2.45, 2.75) is 13.3 Å². The van der Waals surface area contributed by atoms with E-state index in [2.05, 4.69) is 20.2 Å². The van der Waals surface area contributed by atoms with E-state index in [4.69, 9.17) is 11.6 Å². The first-order chi connectivity index (χ1) is 12.1. The number of aromatic nitrogens is 2. The van der Waals surface area contributed by atoms with Crippen LogP contribution in [0.15, 0.2) is 30.3 Å². The molecule has 7 heteroatoms. The van der Waals surface area contributed by atoms with Gasteiger partial charge < -0.3 is 15.1 Å². The molecule has 0 unspecified atom stereocenters. The van der Waals surface area contributed by atoms with Crippen molar-refractivity contribution in [1.82, 2.24) is 14.9 Å². The number of halogens is 1. The number of nitrogens with one attached hydrogen (secondary N) is 1. The van der Waals surface area contributed by atoms with Crippen LogP contribution in [0.25, 0.3) is 0 Å². The second-order valence-electron chi connectivity index (χ2n) is 6.05. The van der Waals surface area contributed by atoms with Crippen LogP contribution in [-0.4, -0.2) is 54.0 Å². The summed E-state index contributed by atoms with van der Waals surface area (Å²) in [6, 6.07) is 9.56. The molecule has 1 fully saturated rings. The zero-order valence-corrected chi connectivity index (χ0v) is 15.3. The zero-order valence-electron chi connectivity index (χ0n) is 14.5. The zero-order chi connectivity index (χ0) is 17.8. The Morgan fingerprint density at radius 3 is 2.72 bits per heavy atom. The summed E-state index contributed by atoms with van der Waals surface area (Å²) in [7, 11) is 1.75. The Hall–Kier alpha value is -2.34. The van der Waals surface area contributed by atoms with E-state index in [1.165, 1.54) is 0 Å². The van der Waals surface area contributed by atoms with Crippen LogP contribution in [0.3, 0.4) is 0 Å². The van der Waals surface area contributed by atoms with Crippen molar-refractivity contribution < 1.29 is 4.79 Å². The number of carbonyl (C=O) groups excluding carboxylic acids is 1. The van der Waals surface area contributed by atoms with Crippen molar-refractivity contribution in [3.05, 3.63) is 46.7 Å². The van der Waals surface area contributed by atoms with Gasteiger partial charge >= 0.3 is 0 Å². The van der Waals surface area contributed by atoms with Gasteiger partial charge in [-0.1, -0.05) is 23.7 Å². The summed E-state index contributed by atoms with van der Waals surface area (Å²) < 4.78 is 0. The van der Waals surface area contributed by atoms with Gasteiger partial charge in [0, 0.05) is 38.9 Å². The maximum absolute atomic E-state index is 12.8. The van der Waals surface area contributed by atoms with Gasteiger partial charge in [0.05, 0.1) is 10.7 Å². The van der Waals surface area contributed by atoms with Crippen molar-refractivity contribution in [2.24, 2.45) is 0 Å². The van der Waals surface area contributed by atoms with Crippen LogP contribution in [0, 0.1) is 6.92 Å². The van der Waals surface area contributed by atoms with Gasteiger partial charge in [0.1, 0.15) is 5.69 Å². The Labute approximate surface area is 152 Å². The fourth-order valence-corrected chi connectivity index (χ4v) is 3.28. The maximum atomic E-state index is 12.8. The van der Waals surface area contributed by atoms with Gasteiger partial charge in [0.15, 0.2) is 0 Å². The summed E-state index contributed by atoms with van der Waals surface area (Å²) in [5.74, 6) is 0.416. The molecule has 1 aliphatic heterocycles. The van der Waals surface area contributed by atoms with Crippen molar-refractivity contribution in [3.8, 4) is 0 Å². The van der Waals surface area contributed by atoms with Crippen molar-refractivity contribution in [1.29, 1.82) is 0 Å². The number of carbonyl (C=O) groups is 1. The summed E-state index contributed by atoms with van der Waals surface area (Å²) >= 11 is 6.31. The van der Waals surface area contributed by atoms with E-state index in [0.717, 1.165) is 35.9 Å². The molecule has 1 N–H and O–H groups in total. The van der Waals surface area contributed by atoms with Gasteiger partial charge in [0.25, 0.3) is 5.91 Å². The number of para-hydroxylation sites is 1. The predicted octanol–water partition coefficient (Wildman–Crippen LogP) is 2.83. The molecule has 0 atom stereocenters. The third-order valence-corrected chi connectivity index (χ3v) is 4.59. The summed E-state index contributed by atoms with van der Waals surface area (Å²) in [6.07, 6.45) is 0.889. The molecule has 0 bridgehead atoms. The lowest BCUT2D eigenvalue weighted by Gasteiger charge is -2.24. The molecule has 2 heterocycles. The molecule has 0 radical (unpaired) electrons. The van der Waals surface area contributed by atoms with E-state index >= 15 is 0 Å². The van der Waals surface area contributed by atoms with E-state index in [0.29, 0.717) is 24.7 Å². The molecule has 25 heavy (non-hydrogen) atoms. The van der Waals surface area contributed by atoms with Crippen molar-refractivity contribution in [2.75, 3.05) is 43.4 Å². The molecule has 1 aliphatic rings. The normalized spacial score (nSPS) is 15.0. The Balaban J connectivity index is 1.74. The maximum Gasteiger partial charge on any atom is 0.272 e. The largest absolute Gasteiger partial charge is 0.368 e. The number of aryl methyl sites for hydroxylation is 1. The van der Waals surface area contributed by atoms with E-state index in [1.54, 1.807) is 13.1 Å². The first-order valence-electron chi connectivity index (χ1n) is 8.40. The van der Waals surface area contributed by atoms with Crippen LogP contribution in [0.2, 0.25) is 5.02 Å². The average Bonchev–Trinajstić information content (AvgIpc) is 2.87. The highest BCUT2D eigenvalue weighted by Crippen LogP contribution is 2.26. The van der Waals surface area contributed by atoms with E-state index in [9.17, 15) is 4.79 Å². The molecule has 0 aliphatic carbocycles. The summed E-state index contributed by atoms with van der Waals surface area (Å²) in [4.78, 5) is 25.5. The molecule has 1 aromatic carbocycles. The first-order valence-corrected chi connectivity index (χ1v) is 8.78. The van der Waals surface area contributed by atoms with E-state index in [-0.39, 0.29) is 5.91 Å². The second-order valence-corrected chi connectivity index (χ2v) is 6.46. The number of amides is 1. The molecular weight excluding hydrogens is 338 g/mol. The van der Waals surface area contributed by atoms with Gasteiger partial charge in [-0.05, 0) is 31.5 Å². The Bertz CT molecular complexity index is 767. The fraction of sp³-hybridized carbons (Fsp3) is 0.389. The summed E-state index contributed by atoms with van der Waals surface area (Å²) in [5.41, 5.74) is 2.23. The summed E-state index contributed by atoms with van der Waals surface area (Å²) in [6.45, 7) is 4.83. The number of nitrogens with zero attached hydrogens (tertiary/aromatic N) is 4. The molecule has 3 rings (SSSR count). The molecular formula is C18H22ClN5O. The highest BCUT2D eigenvalue weighted by molar-refractivity contribution is 6.33. The topological polar surface area (TPSA) is 61.4 Å². The second kappa shape index (κ2) is 7.70. The SMILES string of the molecule is CNc1nc(C)cc(C(=O)N2CCCN(c3ccccc3Cl)CC2)n1. The minimum absolute atomic E-state index is 0.0528.